The Balaban J connectivity index is 2.03. The molecule has 4 N–H and O–H groups in total. The van der Waals surface area contributed by atoms with E-state index >= 15 is 0 Å². The van der Waals surface area contributed by atoms with Gasteiger partial charge in [-0.05, 0) is 36.5 Å². The molecule has 0 spiro atoms. The Morgan fingerprint density at radius 3 is 2.82 bits per heavy atom. The fourth-order valence-electron chi connectivity index (χ4n) is 1.96. The first-order valence-corrected chi connectivity index (χ1v) is 5.92. The minimum absolute atomic E-state index is 0.156. The van der Waals surface area contributed by atoms with E-state index in [1.54, 1.807) is 0 Å². The number of amidine groups is 1. The number of rotatable bonds is 4. The van der Waals surface area contributed by atoms with Crippen LogP contribution >= 0.6 is 0 Å². The van der Waals surface area contributed by atoms with Gasteiger partial charge in [-0.2, -0.15) is 0 Å². The molecule has 1 aliphatic carbocycles. The number of hydrogen-bond donors (Lipinski definition) is 3. The monoisotopic (exact) mass is 233 g/mol. The number of nitrogens with two attached hydrogens (primary N) is 1. The fraction of sp³-hybridized carbons (Fsp3) is 0.462. The molecule has 0 radical (unpaired) electrons. The van der Waals surface area contributed by atoms with Crippen molar-refractivity contribution in [3.63, 3.8) is 0 Å². The van der Waals surface area contributed by atoms with Gasteiger partial charge >= 0.3 is 0 Å². The number of nitrogens with zero attached hydrogens (tertiary/aromatic N) is 1. The first-order chi connectivity index (χ1) is 8.11. The molecule has 1 fully saturated rings. The fourth-order valence-corrected chi connectivity index (χ4v) is 1.96. The molecule has 0 saturated heterocycles. The molecule has 0 bridgehead atoms. The summed E-state index contributed by atoms with van der Waals surface area (Å²) in [6, 6.07) is 6.54. The van der Waals surface area contributed by atoms with Crippen molar-refractivity contribution in [2.75, 3.05) is 0 Å². The smallest absolute Gasteiger partial charge is 0.170 e. The third-order valence-electron chi connectivity index (χ3n) is 3.41. The lowest BCUT2D eigenvalue weighted by molar-refractivity contribution is 0.318. The lowest BCUT2D eigenvalue weighted by Crippen LogP contribution is -2.18. The molecule has 1 saturated carbocycles. The normalized spacial score (nSPS) is 23.8. The van der Waals surface area contributed by atoms with Crippen LogP contribution in [-0.2, 0) is 6.54 Å². The van der Waals surface area contributed by atoms with E-state index < -0.39 is 0 Å². The van der Waals surface area contributed by atoms with Gasteiger partial charge in [0, 0.05) is 18.2 Å². The first-order valence-electron chi connectivity index (χ1n) is 5.92. The van der Waals surface area contributed by atoms with Gasteiger partial charge in [-0.15, -0.1) is 0 Å². The molecule has 4 heteroatoms. The third-order valence-corrected chi connectivity index (χ3v) is 3.41. The molecule has 0 heterocycles. The zero-order chi connectivity index (χ0) is 12.4. The van der Waals surface area contributed by atoms with Gasteiger partial charge in [-0.3, -0.25) is 0 Å². The number of hydrogen-bond acceptors (Lipinski definition) is 3. The van der Waals surface area contributed by atoms with Crippen LogP contribution in [0, 0.1) is 12.8 Å². The van der Waals surface area contributed by atoms with Crippen LogP contribution in [-0.4, -0.2) is 17.1 Å². The van der Waals surface area contributed by atoms with Crippen LogP contribution in [0.4, 0.5) is 0 Å². The molecular weight excluding hydrogens is 214 g/mol. The lowest BCUT2D eigenvalue weighted by atomic mass is 10.0. The van der Waals surface area contributed by atoms with Crippen molar-refractivity contribution in [2.45, 2.75) is 32.9 Å². The largest absolute Gasteiger partial charge is 0.409 e. The number of oxime groups is 1. The molecule has 0 amide bonds. The summed E-state index contributed by atoms with van der Waals surface area (Å²) in [5.74, 6) is 0.968. The van der Waals surface area contributed by atoms with Gasteiger partial charge in [-0.25, -0.2) is 0 Å². The van der Waals surface area contributed by atoms with Gasteiger partial charge < -0.3 is 16.3 Å². The van der Waals surface area contributed by atoms with Gasteiger partial charge in [0.05, 0.1) is 0 Å². The second kappa shape index (κ2) is 4.75. The third kappa shape index (κ3) is 2.77. The first kappa shape index (κ1) is 11.9. The Morgan fingerprint density at radius 1 is 1.59 bits per heavy atom. The molecule has 0 aromatic heterocycles. The summed E-state index contributed by atoms with van der Waals surface area (Å²) in [7, 11) is 0. The van der Waals surface area contributed by atoms with Crippen molar-refractivity contribution >= 4 is 5.84 Å². The molecule has 4 nitrogen and oxygen atoms in total. The minimum Gasteiger partial charge on any atom is -0.409 e. The Labute approximate surface area is 102 Å². The van der Waals surface area contributed by atoms with Crippen molar-refractivity contribution in [3.05, 3.63) is 34.9 Å². The maximum atomic E-state index is 8.61. The highest BCUT2D eigenvalue weighted by Crippen LogP contribution is 2.29. The summed E-state index contributed by atoms with van der Waals surface area (Å²) in [6.07, 6.45) is 1.28. The molecule has 1 aliphatic rings. The summed E-state index contributed by atoms with van der Waals surface area (Å²) in [4.78, 5) is 0. The van der Waals surface area contributed by atoms with E-state index in [0.717, 1.165) is 23.6 Å². The topological polar surface area (TPSA) is 70.6 Å². The number of aryl methyl sites for hydroxylation is 1. The van der Waals surface area contributed by atoms with Crippen molar-refractivity contribution < 1.29 is 5.21 Å². The van der Waals surface area contributed by atoms with E-state index in [1.165, 1.54) is 12.0 Å². The van der Waals surface area contributed by atoms with Crippen LogP contribution in [0.3, 0.4) is 0 Å². The van der Waals surface area contributed by atoms with Gasteiger partial charge in [-0.1, -0.05) is 24.2 Å². The van der Waals surface area contributed by atoms with Crippen LogP contribution in [0.2, 0.25) is 0 Å². The predicted molar refractivity (Wildman–Crippen MR) is 68.1 cm³/mol. The minimum atomic E-state index is 0.156. The van der Waals surface area contributed by atoms with Gasteiger partial charge in [0.15, 0.2) is 5.84 Å². The zero-order valence-corrected chi connectivity index (χ0v) is 10.3. The van der Waals surface area contributed by atoms with Crippen LogP contribution in [0.15, 0.2) is 23.4 Å². The van der Waals surface area contributed by atoms with Crippen molar-refractivity contribution in [2.24, 2.45) is 16.8 Å². The van der Waals surface area contributed by atoms with Crippen molar-refractivity contribution in [3.8, 4) is 0 Å². The number of benzene rings is 1. The van der Waals surface area contributed by atoms with Crippen LogP contribution in [0.1, 0.15) is 30.0 Å². The molecule has 1 aromatic carbocycles. The van der Waals surface area contributed by atoms with E-state index in [4.69, 9.17) is 10.9 Å². The van der Waals surface area contributed by atoms with Gasteiger partial charge in [0.1, 0.15) is 0 Å². The molecule has 2 rings (SSSR count). The Kier molecular flexibility index (Phi) is 3.33. The molecule has 0 aliphatic heterocycles. The molecular formula is C13H19N3O. The Hall–Kier alpha value is -1.55. The summed E-state index contributed by atoms with van der Waals surface area (Å²) in [5.41, 5.74) is 8.73. The summed E-state index contributed by atoms with van der Waals surface area (Å²) < 4.78 is 0. The second-order valence-corrected chi connectivity index (χ2v) is 4.83. The van der Waals surface area contributed by atoms with Gasteiger partial charge in [0.25, 0.3) is 0 Å². The van der Waals surface area contributed by atoms with Crippen molar-refractivity contribution in [1.29, 1.82) is 0 Å². The second-order valence-electron chi connectivity index (χ2n) is 4.83. The number of nitrogens with one attached hydrogen (secondary N) is 1. The highest BCUT2D eigenvalue weighted by Gasteiger charge is 2.31. The highest BCUT2D eigenvalue weighted by molar-refractivity contribution is 5.97. The van der Waals surface area contributed by atoms with Crippen LogP contribution in [0.5, 0.6) is 0 Å². The quantitative estimate of drug-likeness (QED) is 0.320. The maximum absolute atomic E-state index is 8.61. The zero-order valence-electron chi connectivity index (χ0n) is 10.3. The van der Waals surface area contributed by atoms with Crippen LogP contribution < -0.4 is 11.1 Å². The maximum Gasteiger partial charge on any atom is 0.170 e. The van der Waals surface area contributed by atoms with E-state index in [0.29, 0.717) is 6.04 Å². The van der Waals surface area contributed by atoms with E-state index in [1.807, 2.05) is 25.1 Å². The van der Waals surface area contributed by atoms with Crippen molar-refractivity contribution in [1.82, 2.24) is 5.32 Å². The van der Waals surface area contributed by atoms with E-state index in [2.05, 4.69) is 17.4 Å². The Bertz CT molecular complexity index is 442. The molecule has 2 atom stereocenters. The molecule has 2 unspecified atom stereocenters. The summed E-state index contributed by atoms with van der Waals surface area (Å²) in [6.45, 7) is 5.19. The van der Waals surface area contributed by atoms with E-state index in [9.17, 15) is 0 Å². The average molecular weight is 233 g/mol. The van der Waals surface area contributed by atoms with Gasteiger partial charge in [0.2, 0.25) is 0 Å². The summed E-state index contributed by atoms with van der Waals surface area (Å²) in [5, 5.41) is 15.1. The molecule has 1 aromatic rings. The average Bonchev–Trinajstić information content (AvgIpc) is 3.02. The Morgan fingerprint density at radius 2 is 2.29 bits per heavy atom. The summed E-state index contributed by atoms with van der Waals surface area (Å²) >= 11 is 0. The molecule has 92 valence electrons. The predicted octanol–water partition coefficient (Wildman–Crippen LogP) is 1.59. The highest BCUT2D eigenvalue weighted by atomic mass is 16.4. The lowest BCUT2D eigenvalue weighted by Gasteiger charge is -2.09. The SMILES string of the molecule is Cc1cc(/C(N)=N/O)ccc1CNC1CC1C. The molecule has 17 heavy (non-hydrogen) atoms. The van der Waals surface area contributed by atoms with Crippen LogP contribution in [0.25, 0.3) is 0 Å². The standard InChI is InChI=1S/C13H19N3O/c1-8-5-10(13(14)16-17)3-4-11(8)7-15-12-6-9(12)2/h3-5,9,12,15,17H,6-7H2,1-2H3,(H2,14,16). The van der Waals surface area contributed by atoms with E-state index in [-0.39, 0.29) is 5.84 Å².